The molecule has 0 atom stereocenters. The minimum Gasteiger partial charge on any atom is -0.338 e. The number of hydrazone groups is 1. The van der Waals surface area contributed by atoms with Gasteiger partial charge in [0, 0.05) is 17.0 Å². The van der Waals surface area contributed by atoms with E-state index in [0.29, 0.717) is 16.0 Å². The highest BCUT2D eigenvalue weighted by atomic mass is 32.1. The van der Waals surface area contributed by atoms with Crippen LogP contribution < -0.4 is 5.43 Å². The highest BCUT2D eigenvalue weighted by molar-refractivity contribution is 7.16. The van der Waals surface area contributed by atoms with Crippen LogP contribution in [0.15, 0.2) is 41.5 Å². The molecule has 0 unspecified atom stereocenters. The van der Waals surface area contributed by atoms with Gasteiger partial charge in [-0.3, -0.25) is 10.1 Å². The molecule has 0 aliphatic carbocycles. The highest BCUT2D eigenvalue weighted by Crippen LogP contribution is 2.23. The fourth-order valence-corrected chi connectivity index (χ4v) is 2.93. The van der Waals surface area contributed by atoms with Crippen molar-refractivity contribution in [3.63, 3.8) is 0 Å². The van der Waals surface area contributed by atoms with Gasteiger partial charge >= 0.3 is 5.00 Å². The predicted molar refractivity (Wildman–Crippen MR) is 91.4 cm³/mol. The molecule has 0 fully saturated rings. The van der Waals surface area contributed by atoms with E-state index >= 15 is 0 Å². The SMILES string of the molecule is O=[N+]([O-])c1ccc(/C=N/Nc2nnc3c(n2)[nH]c2ccccc23)s1. The van der Waals surface area contributed by atoms with Gasteiger partial charge in [0.25, 0.3) is 5.95 Å². The first kappa shape index (κ1) is 14.2. The zero-order chi connectivity index (χ0) is 16.5. The maximum Gasteiger partial charge on any atom is 0.324 e. The lowest BCUT2D eigenvalue weighted by Gasteiger charge is -1.96. The van der Waals surface area contributed by atoms with Gasteiger partial charge in [-0.25, -0.2) is 5.43 Å². The number of aromatic nitrogens is 4. The van der Waals surface area contributed by atoms with Crippen molar-refractivity contribution in [2.75, 3.05) is 5.43 Å². The van der Waals surface area contributed by atoms with Crippen molar-refractivity contribution >= 4 is 50.6 Å². The van der Waals surface area contributed by atoms with Crippen molar-refractivity contribution in [3.8, 4) is 0 Å². The second kappa shape index (κ2) is 5.66. The largest absolute Gasteiger partial charge is 0.338 e. The number of hydrogen-bond acceptors (Lipinski definition) is 8. The van der Waals surface area contributed by atoms with Crippen LogP contribution in [0, 0.1) is 10.1 Å². The first-order valence-electron chi connectivity index (χ1n) is 6.85. The molecule has 0 aliphatic heterocycles. The third-order valence-corrected chi connectivity index (χ3v) is 4.24. The van der Waals surface area contributed by atoms with Gasteiger partial charge < -0.3 is 4.98 Å². The average molecular weight is 339 g/mol. The Bertz CT molecular complexity index is 1090. The van der Waals surface area contributed by atoms with Gasteiger partial charge in [-0.05, 0) is 12.1 Å². The minimum atomic E-state index is -0.438. The number of nitrogens with zero attached hydrogens (tertiary/aromatic N) is 5. The lowest BCUT2D eigenvalue weighted by molar-refractivity contribution is -0.380. The summed E-state index contributed by atoms with van der Waals surface area (Å²) in [4.78, 5) is 18.3. The number of hydrogen-bond donors (Lipinski definition) is 2. The molecule has 10 heteroatoms. The second-order valence-corrected chi connectivity index (χ2v) is 5.90. The molecular formula is C14H9N7O2S. The first-order valence-corrected chi connectivity index (χ1v) is 7.67. The number of H-pyrrole nitrogens is 1. The Kier molecular flexibility index (Phi) is 3.35. The molecule has 24 heavy (non-hydrogen) atoms. The van der Waals surface area contributed by atoms with Crippen LogP contribution in [-0.4, -0.2) is 31.3 Å². The lowest BCUT2D eigenvalue weighted by atomic mass is 10.2. The van der Waals surface area contributed by atoms with E-state index in [1.807, 2.05) is 24.3 Å². The van der Waals surface area contributed by atoms with Crippen LogP contribution in [0.3, 0.4) is 0 Å². The Morgan fingerprint density at radius 2 is 2.12 bits per heavy atom. The molecule has 0 radical (unpaired) electrons. The van der Waals surface area contributed by atoms with Crippen LogP contribution in [0.5, 0.6) is 0 Å². The van der Waals surface area contributed by atoms with E-state index in [-0.39, 0.29) is 10.9 Å². The summed E-state index contributed by atoms with van der Waals surface area (Å²) in [5.41, 5.74) is 4.90. The zero-order valence-electron chi connectivity index (χ0n) is 12.0. The number of para-hydroxylation sites is 1. The van der Waals surface area contributed by atoms with E-state index in [2.05, 4.69) is 30.7 Å². The van der Waals surface area contributed by atoms with Gasteiger partial charge in [0.15, 0.2) is 5.65 Å². The molecule has 118 valence electrons. The van der Waals surface area contributed by atoms with Gasteiger partial charge in [-0.2, -0.15) is 10.1 Å². The fourth-order valence-electron chi connectivity index (χ4n) is 2.23. The van der Waals surface area contributed by atoms with E-state index < -0.39 is 4.92 Å². The predicted octanol–water partition coefficient (Wildman–Crippen LogP) is 2.92. The number of nitro groups is 1. The molecule has 3 aromatic heterocycles. The molecule has 9 nitrogen and oxygen atoms in total. The van der Waals surface area contributed by atoms with Gasteiger partial charge in [-0.15, -0.1) is 10.2 Å². The summed E-state index contributed by atoms with van der Waals surface area (Å²) in [7, 11) is 0. The first-order chi connectivity index (χ1) is 11.7. The summed E-state index contributed by atoms with van der Waals surface area (Å²) >= 11 is 1.03. The van der Waals surface area contributed by atoms with Gasteiger partial charge in [0.2, 0.25) is 0 Å². The Labute approximate surface area is 138 Å². The maximum atomic E-state index is 10.6. The second-order valence-electron chi connectivity index (χ2n) is 4.81. The van der Waals surface area contributed by atoms with Gasteiger partial charge in [0.1, 0.15) is 5.52 Å². The number of benzene rings is 1. The third-order valence-electron chi connectivity index (χ3n) is 3.27. The number of rotatable bonds is 4. The Morgan fingerprint density at radius 3 is 2.96 bits per heavy atom. The van der Waals surface area contributed by atoms with Crippen molar-refractivity contribution in [2.45, 2.75) is 0 Å². The maximum absolute atomic E-state index is 10.6. The average Bonchev–Trinajstić information content (AvgIpc) is 3.19. The molecule has 0 amide bonds. The van der Waals surface area contributed by atoms with Gasteiger partial charge in [0.05, 0.1) is 16.0 Å². The molecule has 0 aliphatic rings. The number of thiophene rings is 1. The summed E-state index contributed by atoms with van der Waals surface area (Å²) in [6.07, 6.45) is 1.47. The van der Waals surface area contributed by atoms with Crippen LogP contribution in [0.4, 0.5) is 10.9 Å². The number of nitrogens with one attached hydrogen (secondary N) is 2. The highest BCUT2D eigenvalue weighted by Gasteiger charge is 2.09. The molecule has 4 rings (SSSR count). The Balaban J connectivity index is 1.56. The molecule has 0 spiro atoms. The van der Waals surface area contributed by atoms with Crippen LogP contribution in [0.1, 0.15) is 4.88 Å². The summed E-state index contributed by atoms with van der Waals surface area (Å²) in [6.45, 7) is 0. The fraction of sp³-hybridized carbons (Fsp3) is 0. The van der Waals surface area contributed by atoms with Crippen LogP contribution in [0.2, 0.25) is 0 Å². The third kappa shape index (κ3) is 2.54. The summed E-state index contributed by atoms with van der Waals surface area (Å²) in [6, 6.07) is 10.8. The Hall–Kier alpha value is -3.40. The molecule has 0 saturated carbocycles. The van der Waals surface area contributed by atoms with Crippen molar-refractivity contribution in [2.24, 2.45) is 5.10 Å². The summed E-state index contributed by atoms with van der Waals surface area (Å²) in [5.74, 6) is 0.233. The van der Waals surface area contributed by atoms with Crippen molar-refractivity contribution < 1.29 is 4.92 Å². The number of aromatic amines is 1. The zero-order valence-corrected chi connectivity index (χ0v) is 12.8. The number of fused-ring (bicyclic) bond motifs is 3. The van der Waals surface area contributed by atoms with E-state index in [0.717, 1.165) is 22.2 Å². The van der Waals surface area contributed by atoms with E-state index in [4.69, 9.17) is 0 Å². The minimum absolute atomic E-state index is 0.0638. The van der Waals surface area contributed by atoms with E-state index in [1.54, 1.807) is 6.07 Å². The number of anilines is 1. The van der Waals surface area contributed by atoms with Crippen LogP contribution >= 0.6 is 11.3 Å². The van der Waals surface area contributed by atoms with Crippen molar-refractivity contribution in [1.82, 2.24) is 20.2 Å². The van der Waals surface area contributed by atoms with Crippen molar-refractivity contribution in [3.05, 3.63) is 51.4 Å². The molecule has 0 bridgehead atoms. The summed E-state index contributed by atoms with van der Waals surface area (Å²) in [5, 5.41) is 23.8. The quantitative estimate of drug-likeness (QED) is 0.335. The van der Waals surface area contributed by atoms with E-state index in [9.17, 15) is 10.1 Å². The molecule has 2 N–H and O–H groups in total. The molecule has 4 aromatic rings. The summed E-state index contributed by atoms with van der Waals surface area (Å²) < 4.78 is 0. The standard InChI is InChI=1S/C14H9N7O2S/c22-21(23)11-6-5-8(24-11)7-15-19-14-17-13-12(18-20-14)9-3-1-2-4-10(9)16-13/h1-7H,(H2,16,17,19,20)/b15-7+. The lowest BCUT2D eigenvalue weighted by Crippen LogP contribution is -1.98. The van der Waals surface area contributed by atoms with Crippen LogP contribution in [-0.2, 0) is 0 Å². The molecule has 3 heterocycles. The molecule has 1 aromatic carbocycles. The monoisotopic (exact) mass is 339 g/mol. The van der Waals surface area contributed by atoms with Crippen LogP contribution in [0.25, 0.3) is 22.1 Å². The van der Waals surface area contributed by atoms with E-state index in [1.165, 1.54) is 12.3 Å². The smallest absolute Gasteiger partial charge is 0.324 e. The normalized spacial score (nSPS) is 11.5. The molecule has 0 saturated heterocycles. The molecular weight excluding hydrogens is 330 g/mol. The topological polar surface area (TPSA) is 122 Å². The van der Waals surface area contributed by atoms with Gasteiger partial charge in [-0.1, -0.05) is 29.5 Å². The van der Waals surface area contributed by atoms with Crippen molar-refractivity contribution in [1.29, 1.82) is 0 Å². The Morgan fingerprint density at radius 1 is 1.25 bits per heavy atom.